The van der Waals surface area contributed by atoms with Crippen molar-refractivity contribution in [1.29, 1.82) is 0 Å². The van der Waals surface area contributed by atoms with Crippen LogP contribution in [0.5, 0.6) is 0 Å². The van der Waals surface area contributed by atoms with Crippen LogP contribution in [0.2, 0.25) is 0 Å². The molecule has 1 fully saturated rings. The van der Waals surface area contributed by atoms with E-state index in [-0.39, 0.29) is 11.7 Å². The van der Waals surface area contributed by atoms with E-state index in [9.17, 15) is 14.7 Å². The summed E-state index contributed by atoms with van der Waals surface area (Å²) in [6.45, 7) is 4.34. The van der Waals surface area contributed by atoms with Gasteiger partial charge in [0.15, 0.2) is 0 Å². The van der Waals surface area contributed by atoms with E-state index in [0.29, 0.717) is 25.8 Å². The SMILES string of the molecule is CCCCNC1(C(=O)O)CCC(C(C)=O)C1. The van der Waals surface area contributed by atoms with Crippen molar-refractivity contribution in [2.45, 2.75) is 51.5 Å². The average molecular weight is 227 g/mol. The maximum absolute atomic E-state index is 11.3. The normalized spacial score (nSPS) is 29.2. The zero-order chi connectivity index (χ0) is 12.2. The summed E-state index contributed by atoms with van der Waals surface area (Å²) in [6, 6.07) is 0. The molecule has 1 rings (SSSR count). The lowest BCUT2D eigenvalue weighted by molar-refractivity contribution is -0.144. The Morgan fingerprint density at radius 3 is 2.62 bits per heavy atom. The van der Waals surface area contributed by atoms with Crippen molar-refractivity contribution in [2.24, 2.45) is 5.92 Å². The lowest BCUT2D eigenvalue weighted by Gasteiger charge is -2.25. The van der Waals surface area contributed by atoms with Crippen LogP contribution in [0.25, 0.3) is 0 Å². The highest BCUT2D eigenvalue weighted by Gasteiger charge is 2.46. The summed E-state index contributed by atoms with van der Waals surface area (Å²) < 4.78 is 0. The molecule has 0 aromatic rings. The largest absolute Gasteiger partial charge is 0.480 e. The van der Waals surface area contributed by atoms with Crippen LogP contribution in [0, 0.1) is 5.92 Å². The number of rotatable bonds is 6. The van der Waals surface area contributed by atoms with Gasteiger partial charge >= 0.3 is 5.97 Å². The molecule has 0 bridgehead atoms. The highest BCUT2D eigenvalue weighted by atomic mass is 16.4. The first kappa shape index (κ1) is 13.2. The van der Waals surface area contributed by atoms with Crippen LogP contribution < -0.4 is 5.32 Å². The van der Waals surface area contributed by atoms with Crippen LogP contribution in [0.15, 0.2) is 0 Å². The van der Waals surface area contributed by atoms with Gasteiger partial charge in [-0.25, -0.2) is 0 Å². The zero-order valence-corrected chi connectivity index (χ0v) is 10.1. The summed E-state index contributed by atoms with van der Waals surface area (Å²) in [7, 11) is 0. The minimum absolute atomic E-state index is 0.0785. The van der Waals surface area contributed by atoms with Gasteiger partial charge in [-0.2, -0.15) is 0 Å². The van der Waals surface area contributed by atoms with Crippen molar-refractivity contribution >= 4 is 11.8 Å². The van der Waals surface area contributed by atoms with Gasteiger partial charge in [-0.1, -0.05) is 13.3 Å². The Bertz CT molecular complexity index is 277. The van der Waals surface area contributed by atoms with Crippen molar-refractivity contribution in [3.63, 3.8) is 0 Å². The van der Waals surface area contributed by atoms with E-state index in [1.807, 2.05) is 0 Å². The summed E-state index contributed by atoms with van der Waals surface area (Å²) in [6.07, 6.45) is 3.72. The van der Waals surface area contributed by atoms with Gasteiger partial charge in [0.25, 0.3) is 0 Å². The molecule has 2 N–H and O–H groups in total. The quantitative estimate of drug-likeness (QED) is 0.676. The van der Waals surface area contributed by atoms with Gasteiger partial charge in [0.1, 0.15) is 11.3 Å². The number of carboxylic acid groups (broad SMARTS) is 1. The average Bonchev–Trinajstić information content (AvgIpc) is 2.64. The summed E-state index contributed by atoms with van der Waals surface area (Å²) in [5.74, 6) is -0.780. The monoisotopic (exact) mass is 227 g/mol. The molecule has 0 spiro atoms. The maximum atomic E-state index is 11.3. The molecule has 0 heterocycles. The lowest BCUT2D eigenvalue weighted by Crippen LogP contribution is -2.50. The smallest absolute Gasteiger partial charge is 0.323 e. The summed E-state index contributed by atoms with van der Waals surface area (Å²) in [4.78, 5) is 22.6. The van der Waals surface area contributed by atoms with Gasteiger partial charge in [0, 0.05) is 5.92 Å². The minimum atomic E-state index is -0.856. The number of carbonyl (C=O) groups is 2. The van der Waals surface area contributed by atoms with Gasteiger partial charge in [0.2, 0.25) is 0 Å². The van der Waals surface area contributed by atoms with Crippen LogP contribution >= 0.6 is 0 Å². The van der Waals surface area contributed by atoms with Gasteiger partial charge < -0.3 is 10.4 Å². The summed E-state index contributed by atoms with van der Waals surface area (Å²) >= 11 is 0. The Morgan fingerprint density at radius 1 is 1.50 bits per heavy atom. The molecule has 1 aliphatic rings. The second-order valence-corrected chi connectivity index (χ2v) is 4.72. The van der Waals surface area contributed by atoms with Crippen LogP contribution in [-0.4, -0.2) is 28.9 Å². The van der Waals surface area contributed by atoms with Gasteiger partial charge in [-0.05, 0) is 39.2 Å². The molecule has 92 valence electrons. The molecule has 0 aliphatic heterocycles. The van der Waals surface area contributed by atoms with Crippen molar-refractivity contribution < 1.29 is 14.7 Å². The summed E-state index contributed by atoms with van der Waals surface area (Å²) in [5.41, 5.74) is -0.856. The van der Waals surface area contributed by atoms with E-state index in [4.69, 9.17) is 0 Å². The number of carbonyl (C=O) groups excluding carboxylic acids is 1. The Labute approximate surface area is 96.4 Å². The molecule has 4 heteroatoms. The number of hydrogen-bond acceptors (Lipinski definition) is 3. The van der Waals surface area contributed by atoms with E-state index in [0.717, 1.165) is 12.8 Å². The van der Waals surface area contributed by atoms with Gasteiger partial charge in [-0.15, -0.1) is 0 Å². The van der Waals surface area contributed by atoms with Crippen molar-refractivity contribution in [3.05, 3.63) is 0 Å². The second kappa shape index (κ2) is 5.43. The Kier molecular flexibility index (Phi) is 4.47. The number of Topliss-reactive ketones (excluding diaryl/α,β-unsaturated/α-hetero) is 1. The molecular formula is C12H21NO3. The fourth-order valence-corrected chi connectivity index (χ4v) is 2.33. The molecule has 1 saturated carbocycles. The fraction of sp³-hybridized carbons (Fsp3) is 0.833. The third kappa shape index (κ3) is 2.82. The van der Waals surface area contributed by atoms with Crippen molar-refractivity contribution in [2.75, 3.05) is 6.54 Å². The Hall–Kier alpha value is -0.900. The zero-order valence-electron chi connectivity index (χ0n) is 10.1. The molecule has 1 aliphatic carbocycles. The molecule has 16 heavy (non-hydrogen) atoms. The first-order valence-corrected chi connectivity index (χ1v) is 6.00. The van der Waals surface area contributed by atoms with Crippen LogP contribution in [-0.2, 0) is 9.59 Å². The molecule has 2 atom stereocenters. The fourth-order valence-electron chi connectivity index (χ4n) is 2.33. The topological polar surface area (TPSA) is 66.4 Å². The van der Waals surface area contributed by atoms with E-state index in [2.05, 4.69) is 12.2 Å². The predicted octanol–water partition coefficient (Wildman–Crippen LogP) is 1.59. The standard InChI is InChI=1S/C12H21NO3/c1-3-4-7-13-12(11(15)16)6-5-10(8-12)9(2)14/h10,13H,3-8H2,1-2H3,(H,15,16). The van der Waals surface area contributed by atoms with Gasteiger partial charge in [-0.3, -0.25) is 9.59 Å². The van der Waals surface area contributed by atoms with Crippen molar-refractivity contribution in [1.82, 2.24) is 5.32 Å². The van der Waals surface area contributed by atoms with E-state index >= 15 is 0 Å². The van der Waals surface area contributed by atoms with Crippen LogP contribution in [0.3, 0.4) is 0 Å². The van der Waals surface area contributed by atoms with E-state index < -0.39 is 11.5 Å². The Balaban J connectivity index is 2.61. The van der Waals surface area contributed by atoms with Crippen LogP contribution in [0.1, 0.15) is 46.0 Å². The molecule has 0 radical (unpaired) electrons. The highest BCUT2D eigenvalue weighted by molar-refractivity contribution is 5.84. The third-order valence-electron chi connectivity index (χ3n) is 3.49. The first-order valence-electron chi connectivity index (χ1n) is 6.00. The number of nitrogens with one attached hydrogen (secondary N) is 1. The number of hydrogen-bond donors (Lipinski definition) is 2. The Morgan fingerprint density at radius 2 is 2.19 bits per heavy atom. The third-order valence-corrected chi connectivity index (χ3v) is 3.49. The number of unbranched alkanes of at least 4 members (excludes halogenated alkanes) is 1. The number of carboxylic acids is 1. The molecule has 4 nitrogen and oxygen atoms in total. The predicted molar refractivity (Wildman–Crippen MR) is 61.3 cm³/mol. The lowest BCUT2D eigenvalue weighted by atomic mass is 9.94. The summed E-state index contributed by atoms with van der Waals surface area (Å²) in [5, 5.41) is 12.4. The number of aliphatic carboxylic acids is 1. The molecule has 0 aromatic heterocycles. The molecular weight excluding hydrogens is 206 g/mol. The molecule has 2 unspecified atom stereocenters. The van der Waals surface area contributed by atoms with Crippen LogP contribution in [0.4, 0.5) is 0 Å². The van der Waals surface area contributed by atoms with Gasteiger partial charge in [0.05, 0.1) is 0 Å². The molecule has 0 saturated heterocycles. The maximum Gasteiger partial charge on any atom is 0.323 e. The minimum Gasteiger partial charge on any atom is -0.480 e. The van der Waals surface area contributed by atoms with E-state index in [1.54, 1.807) is 6.92 Å². The first-order chi connectivity index (χ1) is 7.52. The van der Waals surface area contributed by atoms with E-state index in [1.165, 1.54) is 0 Å². The highest BCUT2D eigenvalue weighted by Crippen LogP contribution is 2.35. The molecule has 0 aromatic carbocycles. The van der Waals surface area contributed by atoms with Crippen molar-refractivity contribution in [3.8, 4) is 0 Å². The molecule has 0 amide bonds. The number of ketones is 1. The second-order valence-electron chi connectivity index (χ2n) is 4.72.